The number of carbonyl (C=O) groups is 3. The Hall–Kier alpha value is -2.57. The van der Waals surface area contributed by atoms with Gasteiger partial charge in [-0.2, -0.15) is 0 Å². The highest BCUT2D eigenvalue weighted by Gasteiger charge is 2.29. The molecule has 0 spiro atoms. The fourth-order valence-electron chi connectivity index (χ4n) is 3.10. The summed E-state index contributed by atoms with van der Waals surface area (Å²) in [6.07, 6.45) is 4.23. The third kappa shape index (κ3) is 3.34. The normalized spacial score (nSPS) is 17.8. The van der Waals surface area contributed by atoms with E-state index in [1.807, 2.05) is 4.90 Å². The predicted molar refractivity (Wildman–Crippen MR) is 86.3 cm³/mol. The van der Waals surface area contributed by atoms with Crippen molar-refractivity contribution in [3.8, 4) is 5.75 Å². The molecule has 2 aliphatic heterocycles. The molecule has 128 valence electrons. The van der Waals surface area contributed by atoms with Crippen molar-refractivity contribution in [3.05, 3.63) is 23.8 Å². The molecule has 0 bridgehead atoms. The number of hydrogen-bond acceptors (Lipinski definition) is 4. The van der Waals surface area contributed by atoms with Crippen LogP contribution in [0.3, 0.4) is 0 Å². The molecule has 0 radical (unpaired) electrons. The molecule has 0 aromatic heterocycles. The van der Waals surface area contributed by atoms with E-state index in [0.29, 0.717) is 17.0 Å². The number of ether oxygens (including phenoxy) is 1. The van der Waals surface area contributed by atoms with Crippen LogP contribution in [0.5, 0.6) is 5.75 Å². The van der Waals surface area contributed by atoms with Gasteiger partial charge in [-0.3, -0.25) is 19.3 Å². The zero-order chi connectivity index (χ0) is 17.1. The maximum atomic E-state index is 12.7. The molecule has 1 fully saturated rings. The number of carboxylic acid groups (broad SMARTS) is 1. The third-order valence-electron chi connectivity index (χ3n) is 4.34. The lowest BCUT2D eigenvalue weighted by Crippen LogP contribution is -2.42. The van der Waals surface area contributed by atoms with Gasteiger partial charge in [-0.05, 0) is 31.0 Å². The van der Waals surface area contributed by atoms with Crippen LogP contribution < -0.4 is 9.64 Å². The van der Waals surface area contributed by atoms with E-state index in [1.54, 1.807) is 18.2 Å². The molecule has 7 nitrogen and oxygen atoms in total. The molecule has 1 saturated heterocycles. The quantitative estimate of drug-likeness (QED) is 0.906. The minimum absolute atomic E-state index is 0.0898. The number of fused-ring (bicyclic) bond motifs is 1. The second kappa shape index (κ2) is 6.90. The van der Waals surface area contributed by atoms with Crippen LogP contribution in [0, 0.1) is 0 Å². The largest absolute Gasteiger partial charge is 0.482 e. The maximum absolute atomic E-state index is 12.7. The van der Waals surface area contributed by atoms with Crippen LogP contribution in [0.2, 0.25) is 0 Å². The molecule has 1 aromatic carbocycles. The highest BCUT2D eigenvalue weighted by molar-refractivity contribution is 6.03. The van der Waals surface area contributed by atoms with Crippen LogP contribution in [0.1, 0.15) is 36.0 Å². The Kier molecular flexibility index (Phi) is 4.69. The standard InChI is InChI=1S/C17H20N2O5/c20-15-11-24-14-6-5-12(9-13(14)19(15)10-16(21)22)17(23)18-7-3-1-2-4-8-18/h5-6,9H,1-4,7-8,10-11H2,(H,21,22). The molecular formula is C17H20N2O5. The number of hydrogen-bond donors (Lipinski definition) is 1. The topological polar surface area (TPSA) is 87.1 Å². The van der Waals surface area contributed by atoms with E-state index < -0.39 is 18.4 Å². The summed E-state index contributed by atoms with van der Waals surface area (Å²) in [7, 11) is 0. The monoisotopic (exact) mass is 332 g/mol. The number of rotatable bonds is 3. The molecule has 24 heavy (non-hydrogen) atoms. The van der Waals surface area contributed by atoms with Gasteiger partial charge in [-0.1, -0.05) is 12.8 Å². The van der Waals surface area contributed by atoms with Gasteiger partial charge in [0.15, 0.2) is 6.61 Å². The molecular weight excluding hydrogens is 312 g/mol. The Morgan fingerprint density at radius 1 is 1.12 bits per heavy atom. The summed E-state index contributed by atoms with van der Waals surface area (Å²) >= 11 is 0. The number of nitrogens with zero attached hydrogens (tertiary/aromatic N) is 2. The van der Waals surface area contributed by atoms with E-state index in [0.717, 1.165) is 43.7 Å². The van der Waals surface area contributed by atoms with Gasteiger partial charge in [0.1, 0.15) is 12.3 Å². The van der Waals surface area contributed by atoms with Crippen LogP contribution in [0.4, 0.5) is 5.69 Å². The third-order valence-corrected chi connectivity index (χ3v) is 4.34. The number of carbonyl (C=O) groups excluding carboxylic acids is 2. The van der Waals surface area contributed by atoms with E-state index >= 15 is 0 Å². The van der Waals surface area contributed by atoms with E-state index in [4.69, 9.17) is 9.84 Å². The number of amides is 2. The van der Waals surface area contributed by atoms with Crippen molar-refractivity contribution in [1.29, 1.82) is 0 Å². The van der Waals surface area contributed by atoms with Gasteiger partial charge < -0.3 is 14.7 Å². The first-order valence-corrected chi connectivity index (χ1v) is 8.14. The van der Waals surface area contributed by atoms with E-state index in [-0.39, 0.29) is 12.5 Å². The lowest BCUT2D eigenvalue weighted by molar-refractivity contribution is -0.137. The number of carboxylic acids is 1. The van der Waals surface area contributed by atoms with Crippen LogP contribution in [0.25, 0.3) is 0 Å². The van der Waals surface area contributed by atoms with Crippen molar-refractivity contribution in [2.75, 3.05) is 31.1 Å². The fourth-order valence-corrected chi connectivity index (χ4v) is 3.10. The molecule has 1 aromatic rings. The zero-order valence-corrected chi connectivity index (χ0v) is 13.4. The van der Waals surface area contributed by atoms with Gasteiger partial charge in [0.25, 0.3) is 11.8 Å². The summed E-state index contributed by atoms with van der Waals surface area (Å²) in [4.78, 5) is 38.7. The molecule has 0 atom stereocenters. The van der Waals surface area contributed by atoms with Crippen molar-refractivity contribution in [2.24, 2.45) is 0 Å². The Morgan fingerprint density at radius 3 is 2.50 bits per heavy atom. The molecule has 7 heteroatoms. The van der Waals surface area contributed by atoms with Gasteiger partial charge in [0, 0.05) is 18.7 Å². The molecule has 1 N–H and O–H groups in total. The predicted octanol–water partition coefficient (Wildman–Crippen LogP) is 1.51. The van der Waals surface area contributed by atoms with Crippen LogP contribution in [-0.4, -0.2) is 54.0 Å². The first-order valence-electron chi connectivity index (χ1n) is 8.14. The van der Waals surface area contributed by atoms with Crippen molar-refractivity contribution >= 4 is 23.5 Å². The summed E-state index contributed by atoms with van der Waals surface area (Å²) in [5, 5.41) is 9.01. The SMILES string of the molecule is O=C(O)CN1C(=O)COc2ccc(C(=O)N3CCCCCC3)cc21. The minimum Gasteiger partial charge on any atom is -0.482 e. The van der Waals surface area contributed by atoms with Gasteiger partial charge in [-0.15, -0.1) is 0 Å². The van der Waals surface area contributed by atoms with Crippen LogP contribution in [0.15, 0.2) is 18.2 Å². The van der Waals surface area contributed by atoms with Gasteiger partial charge >= 0.3 is 5.97 Å². The first-order chi connectivity index (χ1) is 11.6. The van der Waals surface area contributed by atoms with Gasteiger partial charge in [-0.25, -0.2) is 0 Å². The molecule has 0 saturated carbocycles. The van der Waals surface area contributed by atoms with E-state index in [1.165, 1.54) is 0 Å². The number of likely N-dealkylation sites (tertiary alicyclic amines) is 1. The number of benzene rings is 1. The Balaban J connectivity index is 1.88. The van der Waals surface area contributed by atoms with E-state index in [9.17, 15) is 14.4 Å². The summed E-state index contributed by atoms with van der Waals surface area (Å²) in [6, 6.07) is 4.85. The Bertz CT molecular complexity index is 665. The Morgan fingerprint density at radius 2 is 1.83 bits per heavy atom. The average Bonchev–Trinajstić information content (AvgIpc) is 2.85. The second-order valence-corrected chi connectivity index (χ2v) is 6.05. The molecule has 2 heterocycles. The minimum atomic E-state index is -1.11. The Labute approximate surface area is 139 Å². The second-order valence-electron chi connectivity index (χ2n) is 6.05. The lowest BCUT2D eigenvalue weighted by Gasteiger charge is -2.29. The molecule has 2 amide bonds. The maximum Gasteiger partial charge on any atom is 0.323 e. The molecule has 3 rings (SSSR count). The van der Waals surface area contributed by atoms with Gasteiger partial charge in [0.05, 0.1) is 5.69 Å². The van der Waals surface area contributed by atoms with Crippen LogP contribution in [-0.2, 0) is 9.59 Å². The van der Waals surface area contributed by atoms with Crippen molar-refractivity contribution < 1.29 is 24.2 Å². The van der Waals surface area contributed by atoms with E-state index in [2.05, 4.69) is 0 Å². The van der Waals surface area contributed by atoms with Gasteiger partial charge in [0.2, 0.25) is 0 Å². The fraction of sp³-hybridized carbons (Fsp3) is 0.471. The van der Waals surface area contributed by atoms with Crippen LogP contribution >= 0.6 is 0 Å². The summed E-state index contributed by atoms with van der Waals surface area (Å²) < 4.78 is 5.34. The zero-order valence-electron chi connectivity index (χ0n) is 13.4. The lowest BCUT2D eigenvalue weighted by atomic mass is 10.1. The molecule has 0 unspecified atom stereocenters. The highest BCUT2D eigenvalue weighted by atomic mass is 16.5. The summed E-state index contributed by atoms with van der Waals surface area (Å²) in [5.41, 5.74) is 0.790. The van der Waals surface area contributed by atoms with Crippen molar-refractivity contribution in [3.63, 3.8) is 0 Å². The smallest absolute Gasteiger partial charge is 0.323 e. The highest BCUT2D eigenvalue weighted by Crippen LogP contribution is 2.33. The first kappa shape index (κ1) is 16.3. The summed E-state index contributed by atoms with van der Waals surface area (Å²) in [5.74, 6) is -1.21. The molecule has 0 aliphatic carbocycles. The number of aliphatic carboxylic acids is 1. The van der Waals surface area contributed by atoms with Crippen molar-refractivity contribution in [2.45, 2.75) is 25.7 Å². The molecule has 2 aliphatic rings. The summed E-state index contributed by atoms with van der Waals surface area (Å²) in [6.45, 7) is 0.810. The average molecular weight is 332 g/mol. The number of anilines is 1. The van der Waals surface area contributed by atoms with Crippen molar-refractivity contribution in [1.82, 2.24) is 4.90 Å².